The van der Waals surface area contributed by atoms with Crippen LogP contribution in [0.5, 0.6) is 0 Å². The van der Waals surface area contributed by atoms with E-state index in [1.807, 2.05) is 6.07 Å². The molecular formula is C20H15F2NO6S. The van der Waals surface area contributed by atoms with Crippen molar-refractivity contribution in [2.45, 2.75) is 10.7 Å². The second-order valence-electron chi connectivity index (χ2n) is 5.98. The monoisotopic (exact) mass is 435 g/mol. The zero-order valence-electron chi connectivity index (χ0n) is 15.2. The van der Waals surface area contributed by atoms with Gasteiger partial charge in [-0.1, -0.05) is 30.3 Å². The van der Waals surface area contributed by atoms with E-state index in [4.69, 9.17) is 9.15 Å². The van der Waals surface area contributed by atoms with Crippen LogP contribution >= 0.6 is 0 Å². The normalized spacial score (nSPS) is 11.3. The van der Waals surface area contributed by atoms with Crippen molar-refractivity contribution >= 4 is 27.4 Å². The minimum Gasteiger partial charge on any atom is -0.457 e. The maximum absolute atomic E-state index is 12.5. The molecule has 1 N–H and O–H groups in total. The van der Waals surface area contributed by atoms with E-state index in [9.17, 15) is 26.8 Å². The van der Waals surface area contributed by atoms with Gasteiger partial charge in [0, 0.05) is 11.3 Å². The molecule has 0 aliphatic heterocycles. The van der Waals surface area contributed by atoms with E-state index in [2.05, 4.69) is 5.32 Å². The zero-order chi connectivity index (χ0) is 21.7. The average Bonchev–Trinajstić information content (AvgIpc) is 3.23. The lowest BCUT2D eigenvalue weighted by molar-refractivity contribution is -0.119. The first-order chi connectivity index (χ1) is 14.3. The molecule has 0 unspecified atom stereocenters. The highest BCUT2D eigenvalue weighted by molar-refractivity contribution is 7.91. The summed E-state index contributed by atoms with van der Waals surface area (Å²) in [6, 6.07) is 14.8. The number of benzene rings is 2. The Kier molecular flexibility index (Phi) is 6.26. The van der Waals surface area contributed by atoms with Crippen molar-refractivity contribution < 1.29 is 35.9 Å². The Morgan fingerprint density at radius 3 is 2.30 bits per heavy atom. The number of alkyl halides is 2. The Morgan fingerprint density at radius 2 is 1.67 bits per heavy atom. The number of sulfone groups is 1. The first-order valence-electron chi connectivity index (χ1n) is 8.51. The van der Waals surface area contributed by atoms with Crippen molar-refractivity contribution in [1.29, 1.82) is 0 Å². The number of hydrogen-bond donors (Lipinski definition) is 1. The highest BCUT2D eigenvalue weighted by Gasteiger charge is 2.26. The Hall–Kier alpha value is -3.53. The van der Waals surface area contributed by atoms with Crippen LogP contribution in [0.2, 0.25) is 0 Å². The summed E-state index contributed by atoms with van der Waals surface area (Å²) < 4.78 is 57.9. The maximum atomic E-state index is 12.5. The van der Waals surface area contributed by atoms with Crippen LogP contribution in [0, 0.1) is 0 Å². The highest BCUT2D eigenvalue weighted by atomic mass is 32.2. The Labute approximate surface area is 170 Å². The summed E-state index contributed by atoms with van der Waals surface area (Å²) in [6.07, 6.45) is 1.33. The van der Waals surface area contributed by atoms with Gasteiger partial charge in [0.25, 0.3) is 5.91 Å². The molecule has 3 rings (SSSR count). The van der Waals surface area contributed by atoms with Gasteiger partial charge >= 0.3 is 11.7 Å². The topological polar surface area (TPSA) is 103 Å². The summed E-state index contributed by atoms with van der Waals surface area (Å²) in [6.45, 7) is -0.634. The third-order valence-electron chi connectivity index (χ3n) is 3.97. The second kappa shape index (κ2) is 8.87. The smallest absolute Gasteiger partial charge is 0.375 e. The molecule has 0 fully saturated rings. The van der Waals surface area contributed by atoms with Crippen molar-refractivity contribution in [2.75, 3.05) is 11.9 Å². The number of amides is 1. The Bertz CT molecular complexity index is 1140. The van der Waals surface area contributed by atoms with Gasteiger partial charge in [-0.15, -0.1) is 0 Å². The molecule has 0 aliphatic carbocycles. The number of nitrogens with one attached hydrogen (secondary N) is 1. The van der Waals surface area contributed by atoms with Crippen LogP contribution in [0.1, 0.15) is 10.6 Å². The molecule has 10 heteroatoms. The maximum Gasteiger partial charge on any atom is 0.375 e. The van der Waals surface area contributed by atoms with E-state index >= 15 is 0 Å². The zero-order valence-corrected chi connectivity index (χ0v) is 16.1. The van der Waals surface area contributed by atoms with Gasteiger partial charge in [0.2, 0.25) is 15.6 Å². The van der Waals surface area contributed by atoms with Crippen molar-refractivity contribution in [3.63, 3.8) is 0 Å². The Morgan fingerprint density at radius 1 is 1.00 bits per heavy atom. The van der Waals surface area contributed by atoms with E-state index in [0.717, 1.165) is 29.8 Å². The largest absolute Gasteiger partial charge is 0.457 e. The van der Waals surface area contributed by atoms with Crippen molar-refractivity contribution in [1.82, 2.24) is 0 Å². The molecular weight excluding hydrogens is 420 g/mol. The fourth-order valence-corrected chi connectivity index (χ4v) is 3.26. The third-order valence-corrected chi connectivity index (χ3v) is 5.37. The number of carbonyl (C=O) groups excluding carboxylic acids is 2. The summed E-state index contributed by atoms with van der Waals surface area (Å²) in [4.78, 5) is 23.6. The molecule has 0 saturated carbocycles. The molecule has 0 radical (unpaired) electrons. The van der Waals surface area contributed by atoms with Crippen molar-refractivity contribution in [3.05, 3.63) is 72.7 Å². The summed E-state index contributed by atoms with van der Waals surface area (Å²) in [5.41, 5.74) is 1.39. The molecule has 0 atom stereocenters. The average molecular weight is 435 g/mol. The molecule has 2 aromatic carbocycles. The minimum atomic E-state index is -4.72. The second-order valence-corrected chi connectivity index (χ2v) is 7.90. The molecule has 0 bridgehead atoms. The standard InChI is InChI=1S/C20H15F2NO6S/c21-20(22)30(26,27)15-8-6-14(7-9-15)23-17(24)12-29-19(25)18-16(10-11-28-18)13-4-2-1-3-5-13/h1-11,20H,12H2,(H,23,24). The number of anilines is 1. The number of furan rings is 1. The van der Waals surface area contributed by atoms with Crippen molar-refractivity contribution in [3.8, 4) is 11.1 Å². The number of carbonyl (C=O) groups is 2. The lowest BCUT2D eigenvalue weighted by atomic mass is 10.1. The minimum absolute atomic E-state index is 0.0597. The molecule has 0 aliphatic rings. The number of hydrogen-bond acceptors (Lipinski definition) is 6. The lowest BCUT2D eigenvalue weighted by Gasteiger charge is -2.08. The van der Waals surface area contributed by atoms with Crippen LogP contribution < -0.4 is 5.32 Å². The fourth-order valence-electron chi connectivity index (χ4n) is 2.54. The van der Waals surface area contributed by atoms with Crippen LogP contribution in [0.4, 0.5) is 14.5 Å². The Balaban J connectivity index is 1.59. The molecule has 0 spiro atoms. The molecule has 30 heavy (non-hydrogen) atoms. The molecule has 156 valence electrons. The van der Waals surface area contributed by atoms with Crippen LogP contribution in [-0.4, -0.2) is 32.7 Å². The molecule has 1 amide bonds. The number of halogens is 2. The summed E-state index contributed by atoms with van der Waals surface area (Å²) in [7, 11) is -4.72. The van der Waals surface area contributed by atoms with Gasteiger partial charge in [0.05, 0.1) is 11.2 Å². The van der Waals surface area contributed by atoms with Crippen LogP contribution in [0.15, 0.2) is 76.2 Å². The lowest BCUT2D eigenvalue weighted by Crippen LogP contribution is -2.21. The predicted octanol–water partition coefficient (Wildman–Crippen LogP) is 3.74. The van der Waals surface area contributed by atoms with E-state index in [0.29, 0.717) is 5.56 Å². The van der Waals surface area contributed by atoms with E-state index < -0.39 is 39.0 Å². The first-order valence-corrected chi connectivity index (χ1v) is 10.1. The molecule has 3 aromatic rings. The van der Waals surface area contributed by atoms with E-state index in [1.165, 1.54) is 6.26 Å². The molecule has 1 heterocycles. The fraction of sp³-hybridized carbons (Fsp3) is 0.100. The number of ether oxygens (including phenoxy) is 1. The highest BCUT2D eigenvalue weighted by Crippen LogP contribution is 2.25. The van der Waals surface area contributed by atoms with Gasteiger partial charge in [0.1, 0.15) is 0 Å². The van der Waals surface area contributed by atoms with Crippen LogP contribution in [-0.2, 0) is 19.4 Å². The van der Waals surface area contributed by atoms with Gasteiger partial charge in [-0.25, -0.2) is 13.2 Å². The van der Waals surface area contributed by atoms with Crippen molar-refractivity contribution in [2.24, 2.45) is 0 Å². The number of rotatable bonds is 7. The van der Waals surface area contributed by atoms with Gasteiger partial charge in [-0.2, -0.15) is 8.78 Å². The van der Waals surface area contributed by atoms with Gasteiger partial charge in [-0.3, -0.25) is 4.79 Å². The molecule has 0 saturated heterocycles. The molecule has 1 aromatic heterocycles. The van der Waals surface area contributed by atoms with E-state index in [-0.39, 0.29) is 11.4 Å². The van der Waals surface area contributed by atoms with Gasteiger partial charge in [0.15, 0.2) is 6.61 Å². The quantitative estimate of drug-likeness (QED) is 0.567. The molecule has 7 nitrogen and oxygen atoms in total. The van der Waals surface area contributed by atoms with E-state index in [1.54, 1.807) is 30.3 Å². The van der Waals surface area contributed by atoms with Gasteiger partial charge < -0.3 is 14.5 Å². The summed E-state index contributed by atoms with van der Waals surface area (Å²) in [5.74, 6) is -5.15. The van der Waals surface area contributed by atoms with Crippen LogP contribution in [0.25, 0.3) is 11.1 Å². The number of esters is 1. The summed E-state index contributed by atoms with van der Waals surface area (Å²) in [5, 5.41) is 2.37. The first kappa shape index (κ1) is 21.2. The van der Waals surface area contributed by atoms with Gasteiger partial charge in [-0.05, 0) is 35.9 Å². The predicted molar refractivity (Wildman–Crippen MR) is 103 cm³/mol. The summed E-state index contributed by atoms with van der Waals surface area (Å²) >= 11 is 0. The SMILES string of the molecule is O=C(COC(=O)c1occc1-c1ccccc1)Nc1ccc(S(=O)(=O)C(F)F)cc1. The third kappa shape index (κ3) is 4.71. The van der Waals surface area contributed by atoms with Crippen LogP contribution in [0.3, 0.4) is 0 Å².